The van der Waals surface area contributed by atoms with E-state index in [1.807, 2.05) is 48.5 Å². The van der Waals surface area contributed by atoms with Gasteiger partial charge in [0.15, 0.2) is 0 Å². The summed E-state index contributed by atoms with van der Waals surface area (Å²) in [7, 11) is 0. The molecule has 1 aromatic heterocycles. The molecule has 0 fully saturated rings. The Morgan fingerprint density at radius 3 is 2.27 bits per heavy atom. The van der Waals surface area contributed by atoms with Gasteiger partial charge in [0.05, 0.1) is 17.7 Å². The lowest BCUT2D eigenvalue weighted by Gasteiger charge is -2.21. The zero-order chi connectivity index (χ0) is 14.8. The summed E-state index contributed by atoms with van der Waals surface area (Å²) in [5.41, 5.74) is 3.33. The summed E-state index contributed by atoms with van der Waals surface area (Å²) in [6.45, 7) is 0. The van der Waals surface area contributed by atoms with Crippen LogP contribution < -0.4 is 5.01 Å². The number of rotatable bonds is 3. The van der Waals surface area contributed by atoms with Crippen molar-refractivity contribution < 1.29 is 4.42 Å². The summed E-state index contributed by atoms with van der Waals surface area (Å²) in [5.74, 6) is 0.943. The predicted molar refractivity (Wildman–Crippen MR) is 88.0 cm³/mol. The van der Waals surface area contributed by atoms with E-state index in [0.717, 1.165) is 29.1 Å². The highest BCUT2D eigenvalue weighted by Crippen LogP contribution is 2.36. The first-order chi connectivity index (χ1) is 10.9. The van der Waals surface area contributed by atoms with E-state index in [1.54, 1.807) is 6.26 Å². The van der Waals surface area contributed by atoms with Gasteiger partial charge < -0.3 is 4.42 Å². The Bertz CT molecular complexity index is 764. The zero-order valence-electron chi connectivity index (χ0n) is 12.1. The number of nitrogens with zero attached hydrogens (tertiary/aromatic N) is 2. The normalized spacial score (nSPS) is 17.5. The minimum atomic E-state index is 0.104. The lowest BCUT2D eigenvalue weighted by molar-refractivity contribution is 0.465. The molecule has 1 aliphatic rings. The third-order valence-corrected chi connectivity index (χ3v) is 3.91. The Morgan fingerprint density at radius 2 is 1.59 bits per heavy atom. The summed E-state index contributed by atoms with van der Waals surface area (Å²) in [6.07, 6.45) is 2.56. The van der Waals surface area contributed by atoms with Gasteiger partial charge in [-0.1, -0.05) is 48.5 Å². The number of hydrogen-bond acceptors (Lipinski definition) is 3. The Morgan fingerprint density at radius 1 is 0.864 bits per heavy atom. The first-order valence-electron chi connectivity index (χ1n) is 7.42. The van der Waals surface area contributed by atoms with Crippen LogP contribution >= 0.6 is 0 Å². The molecule has 3 heteroatoms. The molecule has 0 radical (unpaired) electrons. The SMILES string of the molecule is c1ccc(C2=NN(c3ccccc3)[C@@H](c3ccco3)C2)cc1. The molecule has 0 unspecified atom stereocenters. The second kappa shape index (κ2) is 5.53. The van der Waals surface area contributed by atoms with E-state index in [1.165, 1.54) is 0 Å². The van der Waals surface area contributed by atoms with Crippen molar-refractivity contribution in [2.75, 3.05) is 5.01 Å². The molecule has 2 heterocycles. The third-order valence-electron chi connectivity index (χ3n) is 3.91. The Balaban J connectivity index is 1.75. The third kappa shape index (κ3) is 2.31. The summed E-state index contributed by atoms with van der Waals surface area (Å²) < 4.78 is 5.64. The molecule has 0 bridgehead atoms. The quantitative estimate of drug-likeness (QED) is 0.702. The fourth-order valence-corrected chi connectivity index (χ4v) is 2.84. The maximum atomic E-state index is 5.64. The van der Waals surface area contributed by atoms with Crippen LogP contribution in [0.15, 0.2) is 88.6 Å². The van der Waals surface area contributed by atoms with Crippen LogP contribution in [0.1, 0.15) is 23.8 Å². The van der Waals surface area contributed by atoms with Crippen molar-refractivity contribution in [2.45, 2.75) is 12.5 Å². The van der Waals surface area contributed by atoms with Crippen LogP contribution in [-0.4, -0.2) is 5.71 Å². The van der Waals surface area contributed by atoms with Crippen LogP contribution in [0, 0.1) is 0 Å². The average molecular weight is 288 g/mol. The van der Waals surface area contributed by atoms with Crippen molar-refractivity contribution in [1.29, 1.82) is 0 Å². The van der Waals surface area contributed by atoms with Crippen LogP contribution in [0.25, 0.3) is 0 Å². The first-order valence-corrected chi connectivity index (χ1v) is 7.42. The van der Waals surface area contributed by atoms with Gasteiger partial charge in [0.2, 0.25) is 0 Å². The van der Waals surface area contributed by atoms with Crippen LogP contribution in [0.2, 0.25) is 0 Å². The van der Waals surface area contributed by atoms with Crippen LogP contribution in [0.4, 0.5) is 5.69 Å². The molecular formula is C19H16N2O. The monoisotopic (exact) mass is 288 g/mol. The van der Waals surface area contributed by atoms with Crippen molar-refractivity contribution in [3.8, 4) is 0 Å². The molecule has 2 aromatic carbocycles. The molecule has 108 valence electrons. The second-order valence-corrected chi connectivity index (χ2v) is 5.33. The average Bonchev–Trinajstić information content (AvgIpc) is 3.26. The molecule has 0 amide bonds. The number of hydrazone groups is 1. The van der Waals surface area contributed by atoms with Gasteiger partial charge in [-0.2, -0.15) is 5.10 Å². The van der Waals surface area contributed by atoms with Gasteiger partial charge in [-0.25, -0.2) is 0 Å². The van der Waals surface area contributed by atoms with E-state index in [-0.39, 0.29) is 6.04 Å². The second-order valence-electron chi connectivity index (χ2n) is 5.33. The molecule has 1 atom stereocenters. The van der Waals surface area contributed by atoms with Gasteiger partial charge in [-0.05, 0) is 29.8 Å². The number of furan rings is 1. The Labute approximate surface area is 129 Å². The van der Waals surface area contributed by atoms with Gasteiger partial charge >= 0.3 is 0 Å². The topological polar surface area (TPSA) is 28.7 Å². The van der Waals surface area contributed by atoms with E-state index in [0.29, 0.717) is 0 Å². The van der Waals surface area contributed by atoms with Crippen molar-refractivity contribution >= 4 is 11.4 Å². The summed E-state index contributed by atoms with van der Waals surface area (Å²) >= 11 is 0. The van der Waals surface area contributed by atoms with E-state index in [2.05, 4.69) is 29.3 Å². The van der Waals surface area contributed by atoms with Crippen molar-refractivity contribution in [1.82, 2.24) is 0 Å². The van der Waals surface area contributed by atoms with Crippen molar-refractivity contribution in [2.24, 2.45) is 5.10 Å². The molecule has 0 N–H and O–H groups in total. The van der Waals surface area contributed by atoms with E-state index in [4.69, 9.17) is 9.52 Å². The molecule has 22 heavy (non-hydrogen) atoms. The lowest BCUT2D eigenvalue weighted by atomic mass is 10.0. The number of hydrogen-bond donors (Lipinski definition) is 0. The molecule has 3 nitrogen and oxygen atoms in total. The molecule has 4 rings (SSSR count). The maximum Gasteiger partial charge on any atom is 0.128 e. The summed E-state index contributed by atoms with van der Waals surface area (Å²) in [4.78, 5) is 0. The Kier molecular flexibility index (Phi) is 3.24. The van der Waals surface area contributed by atoms with E-state index >= 15 is 0 Å². The zero-order valence-corrected chi connectivity index (χ0v) is 12.1. The number of para-hydroxylation sites is 1. The minimum Gasteiger partial charge on any atom is -0.467 e. The van der Waals surface area contributed by atoms with Crippen LogP contribution in [-0.2, 0) is 0 Å². The van der Waals surface area contributed by atoms with Gasteiger partial charge in [-0.3, -0.25) is 5.01 Å². The Hall–Kier alpha value is -2.81. The van der Waals surface area contributed by atoms with Crippen LogP contribution in [0.5, 0.6) is 0 Å². The van der Waals surface area contributed by atoms with Gasteiger partial charge in [-0.15, -0.1) is 0 Å². The highest BCUT2D eigenvalue weighted by Gasteiger charge is 2.31. The fourth-order valence-electron chi connectivity index (χ4n) is 2.84. The highest BCUT2D eigenvalue weighted by molar-refractivity contribution is 6.03. The smallest absolute Gasteiger partial charge is 0.128 e. The minimum absolute atomic E-state index is 0.104. The molecular weight excluding hydrogens is 272 g/mol. The first kappa shape index (κ1) is 12.9. The summed E-state index contributed by atoms with van der Waals surface area (Å²) in [6, 6.07) is 24.6. The van der Waals surface area contributed by atoms with E-state index in [9.17, 15) is 0 Å². The highest BCUT2D eigenvalue weighted by atomic mass is 16.3. The number of anilines is 1. The molecule has 1 aliphatic heterocycles. The molecule has 0 aliphatic carbocycles. The predicted octanol–water partition coefficient (Wildman–Crippen LogP) is 4.64. The van der Waals surface area contributed by atoms with Gasteiger partial charge in [0.25, 0.3) is 0 Å². The van der Waals surface area contributed by atoms with E-state index < -0.39 is 0 Å². The number of benzene rings is 2. The maximum absolute atomic E-state index is 5.64. The molecule has 3 aromatic rings. The molecule has 0 spiro atoms. The molecule has 0 saturated carbocycles. The summed E-state index contributed by atoms with van der Waals surface area (Å²) in [5, 5.41) is 6.91. The molecule has 0 saturated heterocycles. The van der Waals surface area contributed by atoms with Crippen molar-refractivity contribution in [3.63, 3.8) is 0 Å². The standard InChI is InChI=1S/C19H16N2O/c1-3-8-15(9-4-1)17-14-18(19-12-7-13-22-19)21(20-17)16-10-5-2-6-11-16/h1-13,18H,14H2/t18-/m1/s1. The van der Waals surface area contributed by atoms with Gasteiger partial charge in [0.1, 0.15) is 11.8 Å². The van der Waals surface area contributed by atoms with Crippen LogP contribution in [0.3, 0.4) is 0 Å². The largest absolute Gasteiger partial charge is 0.467 e. The van der Waals surface area contributed by atoms with Crippen molar-refractivity contribution in [3.05, 3.63) is 90.4 Å². The fraction of sp³-hybridized carbons (Fsp3) is 0.105. The lowest BCUT2D eigenvalue weighted by Crippen LogP contribution is -2.17. The van der Waals surface area contributed by atoms with Gasteiger partial charge in [0, 0.05) is 6.42 Å².